The van der Waals surface area contributed by atoms with E-state index in [1.807, 2.05) is 0 Å². The zero-order valence-electron chi connectivity index (χ0n) is 8.34. The van der Waals surface area contributed by atoms with Gasteiger partial charge in [0.25, 0.3) is 0 Å². The molecule has 0 aromatic heterocycles. The van der Waals surface area contributed by atoms with Crippen LogP contribution in [0.5, 0.6) is 0 Å². The fourth-order valence-corrected chi connectivity index (χ4v) is 0.602. The molecule has 0 aliphatic carbocycles. The van der Waals surface area contributed by atoms with Crippen molar-refractivity contribution in [1.29, 1.82) is 0 Å². The SMILES string of the molecule is COC(=O)N(OC)N(OC)C(=O)OC. The molecule has 0 aromatic carbocycles. The van der Waals surface area contributed by atoms with Crippen LogP contribution in [0.1, 0.15) is 0 Å². The van der Waals surface area contributed by atoms with Crippen LogP contribution in [0.4, 0.5) is 9.59 Å². The van der Waals surface area contributed by atoms with Crippen LogP contribution in [-0.2, 0) is 19.1 Å². The standard InChI is InChI=1S/C6H12N2O6/c1-11-5(9)7(13-3)8(14-4)6(10)12-2/h1-4H3. The van der Waals surface area contributed by atoms with Gasteiger partial charge in [0.1, 0.15) is 0 Å². The first kappa shape index (κ1) is 12.5. The number of amides is 2. The highest BCUT2D eigenvalue weighted by molar-refractivity contribution is 5.72. The molecule has 0 radical (unpaired) electrons. The maximum Gasteiger partial charge on any atom is 0.456 e. The number of rotatable bonds is 2. The van der Waals surface area contributed by atoms with Gasteiger partial charge in [0.05, 0.1) is 28.4 Å². The summed E-state index contributed by atoms with van der Waals surface area (Å²) in [4.78, 5) is 31.1. The molecule has 0 fully saturated rings. The van der Waals surface area contributed by atoms with E-state index in [2.05, 4.69) is 19.1 Å². The zero-order chi connectivity index (χ0) is 11.1. The summed E-state index contributed by atoms with van der Waals surface area (Å²) in [5.41, 5.74) is 0. The highest BCUT2D eigenvalue weighted by Crippen LogP contribution is 2.03. The lowest BCUT2D eigenvalue weighted by Crippen LogP contribution is -2.48. The van der Waals surface area contributed by atoms with Crippen LogP contribution in [0, 0.1) is 0 Å². The number of nitrogens with zero attached hydrogens (tertiary/aromatic N) is 2. The van der Waals surface area contributed by atoms with E-state index in [9.17, 15) is 9.59 Å². The van der Waals surface area contributed by atoms with E-state index in [4.69, 9.17) is 0 Å². The van der Waals surface area contributed by atoms with Crippen molar-refractivity contribution in [2.75, 3.05) is 28.4 Å². The van der Waals surface area contributed by atoms with Gasteiger partial charge in [0, 0.05) is 0 Å². The van der Waals surface area contributed by atoms with Crippen molar-refractivity contribution in [2.24, 2.45) is 0 Å². The second-order valence-electron chi connectivity index (χ2n) is 1.85. The molecule has 0 spiro atoms. The Morgan fingerprint density at radius 3 is 1.21 bits per heavy atom. The van der Waals surface area contributed by atoms with Crippen molar-refractivity contribution in [1.82, 2.24) is 10.3 Å². The van der Waals surface area contributed by atoms with Crippen molar-refractivity contribution in [3.05, 3.63) is 0 Å². The lowest BCUT2D eigenvalue weighted by atomic mass is 11.1. The second kappa shape index (κ2) is 6.00. The third-order valence-corrected chi connectivity index (χ3v) is 1.17. The average molecular weight is 208 g/mol. The number of carbonyl (C=O) groups excluding carboxylic acids is 2. The first-order chi connectivity index (χ1) is 6.62. The number of ether oxygens (including phenoxy) is 2. The molecule has 0 aromatic rings. The van der Waals surface area contributed by atoms with E-state index >= 15 is 0 Å². The largest absolute Gasteiger partial charge is 0.456 e. The summed E-state index contributed by atoms with van der Waals surface area (Å²) in [7, 11) is 4.57. The van der Waals surface area contributed by atoms with Crippen LogP contribution in [0.15, 0.2) is 0 Å². The number of hydrogen-bond donors (Lipinski definition) is 0. The minimum atomic E-state index is -0.931. The van der Waals surface area contributed by atoms with Gasteiger partial charge in [0.15, 0.2) is 0 Å². The van der Waals surface area contributed by atoms with Gasteiger partial charge < -0.3 is 9.47 Å². The second-order valence-corrected chi connectivity index (χ2v) is 1.85. The van der Waals surface area contributed by atoms with Crippen LogP contribution in [0.25, 0.3) is 0 Å². The van der Waals surface area contributed by atoms with E-state index in [1.165, 1.54) is 0 Å². The molecule has 0 aliphatic heterocycles. The Labute approximate surface area is 80.7 Å². The van der Waals surface area contributed by atoms with Crippen molar-refractivity contribution in [2.45, 2.75) is 0 Å². The van der Waals surface area contributed by atoms with E-state index in [1.54, 1.807) is 0 Å². The van der Waals surface area contributed by atoms with Gasteiger partial charge >= 0.3 is 12.2 Å². The Morgan fingerprint density at radius 1 is 0.786 bits per heavy atom. The zero-order valence-corrected chi connectivity index (χ0v) is 8.34. The van der Waals surface area contributed by atoms with Crippen LogP contribution < -0.4 is 0 Å². The fraction of sp³-hybridized carbons (Fsp3) is 0.667. The van der Waals surface area contributed by atoms with Crippen molar-refractivity contribution in [3.8, 4) is 0 Å². The molecular formula is C6H12N2O6. The normalized spacial score (nSPS) is 9.14. The average Bonchev–Trinajstić information content (AvgIpc) is 2.23. The van der Waals surface area contributed by atoms with E-state index in [0.717, 1.165) is 28.4 Å². The summed E-state index contributed by atoms with van der Waals surface area (Å²) >= 11 is 0. The number of hydroxylamine groups is 2. The van der Waals surface area contributed by atoms with Crippen LogP contribution in [0.2, 0.25) is 0 Å². The summed E-state index contributed by atoms with van der Waals surface area (Å²) in [6.45, 7) is 0. The molecule has 8 heteroatoms. The molecule has 0 bridgehead atoms. The van der Waals surface area contributed by atoms with Crippen LogP contribution in [-0.4, -0.2) is 51.0 Å². The summed E-state index contributed by atoms with van der Waals surface area (Å²) in [5, 5.41) is 0.900. The van der Waals surface area contributed by atoms with Crippen molar-refractivity contribution in [3.63, 3.8) is 0 Å². The molecule has 0 saturated heterocycles. The molecule has 0 N–H and O–H groups in total. The lowest BCUT2D eigenvalue weighted by Gasteiger charge is -2.26. The molecule has 14 heavy (non-hydrogen) atoms. The topological polar surface area (TPSA) is 77.5 Å². The molecule has 8 nitrogen and oxygen atoms in total. The predicted molar refractivity (Wildman–Crippen MR) is 42.5 cm³/mol. The molecule has 0 saturated carbocycles. The summed E-state index contributed by atoms with van der Waals surface area (Å²) in [6, 6.07) is 0. The maximum atomic E-state index is 11.0. The van der Waals surface area contributed by atoms with Crippen molar-refractivity contribution >= 4 is 12.2 Å². The molecule has 82 valence electrons. The molecule has 0 heterocycles. The number of carbonyl (C=O) groups is 2. The van der Waals surface area contributed by atoms with Gasteiger partial charge in [-0.2, -0.15) is 0 Å². The maximum absolute atomic E-state index is 11.0. The van der Waals surface area contributed by atoms with Gasteiger partial charge in [0.2, 0.25) is 0 Å². The minimum Gasteiger partial charge on any atom is -0.450 e. The van der Waals surface area contributed by atoms with Crippen LogP contribution in [0.3, 0.4) is 0 Å². The van der Waals surface area contributed by atoms with Crippen LogP contribution >= 0.6 is 0 Å². The van der Waals surface area contributed by atoms with Gasteiger partial charge in [-0.05, 0) is 0 Å². The number of hydrogen-bond acceptors (Lipinski definition) is 6. The Balaban J connectivity index is 4.60. The first-order valence-corrected chi connectivity index (χ1v) is 3.46. The van der Waals surface area contributed by atoms with Gasteiger partial charge in [-0.25, -0.2) is 19.3 Å². The quantitative estimate of drug-likeness (QED) is 0.601. The monoisotopic (exact) mass is 208 g/mol. The number of methoxy groups -OCH3 is 2. The molecular weight excluding hydrogens is 196 g/mol. The van der Waals surface area contributed by atoms with Gasteiger partial charge in [-0.3, -0.25) is 0 Å². The van der Waals surface area contributed by atoms with E-state index in [-0.39, 0.29) is 0 Å². The van der Waals surface area contributed by atoms with Gasteiger partial charge in [-0.1, -0.05) is 10.3 Å². The summed E-state index contributed by atoms with van der Waals surface area (Å²) < 4.78 is 8.63. The Hall–Kier alpha value is -1.54. The third-order valence-electron chi connectivity index (χ3n) is 1.17. The summed E-state index contributed by atoms with van der Waals surface area (Å²) in [6.07, 6.45) is -1.86. The van der Waals surface area contributed by atoms with Gasteiger partial charge in [-0.15, -0.1) is 0 Å². The Kier molecular flexibility index (Phi) is 5.34. The molecule has 0 unspecified atom stereocenters. The molecule has 2 amide bonds. The highest BCUT2D eigenvalue weighted by Gasteiger charge is 2.28. The predicted octanol–water partition coefficient (Wildman–Crippen LogP) is 0.161. The lowest BCUT2D eigenvalue weighted by molar-refractivity contribution is -0.337. The first-order valence-electron chi connectivity index (χ1n) is 3.46. The summed E-state index contributed by atoms with van der Waals surface area (Å²) in [5.74, 6) is 0. The van der Waals surface area contributed by atoms with E-state index < -0.39 is 12.2 Å². The Morgan fingerprint density at radius 2 is 1.07 bits per heavy atom. The number of hydrazine groups is 1. The van der Waals surface area contributed by atoms with E-state index in [0.29, 0.717) is 10.3 Å². The highest BCUT2D eigenvalue weighted by atomic mass is 16.9. The minimum absolute atomic E-state index is 0.450. The fourth-order valence-electron chi connectivity index (χ4n) is 0.602. The molecule has 0 aliphatic rings. The third kappa shape index (κ3) is 2.75. The Bertz CT molecular complexity index is 186. The smallest absolute Gasteiger partial charge is 0.450 e. The molecule has 0 atom stereocenters. The van der Waals surface area contributed by atoms with Crippen molar-refractivity contribution < 1.29 is 28.7 Å². The molecule has 0 rings (SSSR count).